The molecule has 0 radical (unpaired) electrons. The first-order valence-corrected chi connectivity index (χ1v) is 7.28. The average molecular weight is 337 g/mol. The smallest absolute Gasteiger partial charge is 0.381 e. The number of aromatic nitrogens is 1. The second-order valence-electron chi connectivity index (χ2n) is 5.22. The van der Waals surface area contributed by atoms with Crippen LogP contribution >= 0.6 is 11.6 Å². The van der Waals surface area contributed by atoms with E-state index in [0.717, 1.165) is 18.9 Å². The number of carbonyl (C=O) groups is 1. The first-order chi connectivity index (χ1) is 10.3. The van der Waals surface area contributed by atoms with Gasteiger partial charge in [-0.3, -0.25) is 4.79 Å². The van der Waals surface area contributed by atoms with Gasteiger partial charge in [0.25, 0.3) is 0 Å². The lowest BCUT2D eigenvalue weighted by molar-refractivity contribution is -0.141. The number of hydrogen-bond acceptors (Lipinski definition) is 3. The average Bonchev–Trinajstić information content (AvgIpc) is 2.46. The summed E-state index contributed by atoms with van der Waals surface area (Å²) < 4.78 is 42.9. The molecule has 2 rings (SSSR count). The molecule has 0 spiro atoms. The Kier molecular flexibility index (Phi) is 5.28. The Morgan fingerprint density at radius 1 is 1.50 bits per heavy atom. The number of alkyl halides is 3. The minimum absolute atomic E-state index is 0.192. The third-order valence-corrected chi connectivity index (χ3v) is 3.83. The molecule has 0 aliphatic carbocycles. The van der Waals surface area contributed by atoms with Gasteiger partial charge in [-0.25, -0.2) is 4.98 Å². The van der Waals surface area contributed by atoms with Crippen LogP contribution in [0.5, 0.6) is 0 Å². The number of ether oxygens (including phenoxy) is 1. The lowest BCUT2D eigenvalue weighted by atomic mass is 10.0. The first-order valence-electron chi connectivity index (χ1n) is 6.91. The summed E-state index contributed by atoms with van der Waals surface area (Å²) in [6.45, 7) is 2.66. The molecule has 1 fully saturated rings. The van der Waals surface area contributed by atoms with Crippen molar-refractivity contribution in [3.05, 3.63) is 28.5 Å². The van der Waals surface area contributed by atoms with E-state index in [9.17, 15) is 18.0 Å². The number of carbonyl (C=O) groups excluding carboxylic acids is 1. The van der Waals surface area contributed by atoms with E-state index >= 15 is 0 Å². The summed E-state index contributed by atoms with van der Waals surface area (Å²) >= 11 is 5.81. The zero-order valence-corrected chi connectivity index (χ0v) is 12.7. The van der Waals surface area contributed by atoms with E-state index in [1.807, 2.05) is 0 Å². The monoisotopic (exact) mass is 336 g/mol. The summed E-state index contributed by atoms with van der Waals surface area (Å²) in [5, 5.41) is 2.48. The summed E-state index contributed by atoms with van der Waals surface area (Å²) in [7, 11) is 0. The van der Waals surface area contributed by atoms with Crippen LogP contribution in [0.4, 0.5) is 13.2 Å². The molecule has 1 saturated heterocycles. The standard InChI is InChI=1S/C14H16ClF3N2O2/c1-8(19-13(21)9-3-2-6-22-7-9)10-4-5-11(14(16,17)18)20-12(10)15/h4-5,8-9H,2-3,6-7H2,1H3,(H,19,21)/t8-,9-/m1/s1. The van der Waals surface area contributed by atoms with Crippen LogP contribution in [0.1, 0.15) is 37.1 Å². The highest BCUT2D eigenvalue weighted by Gasteiger charge is 2.33. The summed E-state index contributed by atoms with van der Waals surface area (Å²) in [5.41, 5.74) is -0.708. The summed E-state index contributed by atoms with van der Waals surface area (Å²) in [6.07, 6.45) is -3.00. The molecule has 1 N–H and O–H groups in total. The number of amides is 1. The van der Waals surface area contributed by atoms with Gasteiger partial charge in [0, 0.05) is 12.2 Å². The van der Waals surface area contributed by atoms with E-state index in [0.29, 0.717) is 18.8 Å². The summed E-state index contributed by atoms with van der Waals surface area (Å²) in [4.78, 5) is 15.4. The molecule has 1 aromatic rings. The van der Waals surface area contributed by atoms with E-state index < -0.39 is 17.9 Å². The van der Waals surface area contributed by atoms with E-state index in [4.69, 9.17) is 16.3 Å². The van der Waals surface area contributed by atoms with Crippen LogP contribution in [0.3, 0.4) is 0 Å². The van der Waals surface area contributed by atoms with Gasteiger partial charge in [0.1, 0.15) is 10.8 Å². The summed E-state index contributed by atoms with van der Waals surface area (Å²) in [6, 6.07) is 1.56. The van der Waals surface area contributed by atoms with Gasteiger partial charge in [0.05, 0.1) is 18.6 Å². The molecule has 122 valence electrons. The zero-order valence-electron chi connectivity index (χ0n) is 11.9. The van der Waals surface area contributed by atoms with Crippen molar-refractivity contribution < 1.29 is 22.7 Å². The Balaban J connectivity index is 2.06. The lowest BCUT2D eigenvalue weighted by Crippen LogP contribution is -2.37. The van der Waals surface area contributed by atoms with Crippen molar-refractivity contribution >= 4 is 17.5 Å². The number of pyridine rings is 1. The quantitative estimate of drug-likeness (QED) is 0.861. The second kappa shape index (κ2) is 6.83. The maximum Gasteiger partial charge on any atom is 0.433 e. The van der Waals surface area contributed by atoms with Gasteiger partial charge in [-0.1, -0.05) is 17.7 Å². The number of nitrogens with one attached hydrogen (secondary N) is 1. The molecule has 1 amide bonds. The fourth-order valence-electron chi connectivity index (χ4n) is 2.28. The molecule has 0 unspecified atom stereocenters. The van der Waals surface area contributed by atoms with Crippen LogP contribution in [0.15, 0.2) is 12.1 Å². The fourth-order valence-corrected chi connectivity index (χ4v) is 2.60. The minimum Gasteiger partial charge on any atom is -0.381 e. The van der Waals surface area contributed by atoms with Crippen molar-refractivity contribution in [3.8, 4) is 0 Å². The van der Waals surface area contributed by atoms with Crippen LogP contribution < -0.4 is 5.32 Å². The van der Waals surface area contributed by atoms with Crippen LogP contribution in [-0.4, -0.2) is 24.1 Å². The van der Waals surface area contributed by atoms with Gasteiger partial charge in [-0.05, 0) is 25.8 Å². The van der Waals surface area contributed by atoms with Gasteiger partial charge >= 0.3 is 6.18 Å². The first kappa shape index (κ1) is 17.0. The predicted octanol–water partition coefficient (Wildman–Crippen LogP) is 3.36. The molecular weight excluding hydrogens is 321 g/mol. The maximum atomic E-state index is 12.5. The van der Waals surface area contributed by atoms with Gasteiger partial charge < -0.3 is 10.1 Å². The number of hydrogen-bond donors (Lipinski definition) is 1. The second-order valence-corrected chi connectivity index (χ2v) is 5.58. The highest BCUT2D eigenvalue weighted by atomic mass is 35.5. The molecule has 1 aliphatic rings. The highest BCUT2D eigenvalue weighted by molar-refractivity contribution is 6.30. The molecule has 4 nitrogen and oxygen atoms in total. The molecule has 1 aliphatic heterocycles. The minimum atomic E-state index is -4.55. The van der Waals surface area contributed by atoms with E-state index in [1.165, 1.54) is 6.07 Å². The van der Waals surface area contributed by atoms with Gasteiger partial charge in [-0.2, -0.15) is 13.2 Å². The predicted molar refractivity (Wildman–Crippen MR) is 74.3 cm³/mol. The molecule has 0 saturated carbocycles. The van der Waals surface area contributed by atoms with Crippen LogP contribution in [0, 0.1) is 5.92 Å². The molecule has 2 heterocycles. The normalized spacial score (nSPS) is 20.5. The molecule has 0 aromatic carbocycles. The van der Waals surface area contributed by atoms with Crippen LogP contribution in [0.2, 0.25) is 5.15 Å². The van der Waals surface area contributed by atoms with E-state index in [-0.39, 0.29) is 17.0 Å². The van der Waals surface area contributed by atoms with Crippen LogP contribution in [0.25, 0.3) is 0 Å². The lowest BCUT2D eigenvalue weighted by Gasteiger charge is -2.24. The van der Waals surface area contributed by atoms with Crippen molar-refractivity contribution in [3.63, 3.8) is 0 Å². The Labute approximate surface area is 131 Å². The Morgan fingerprint density at radius 2 is 2.23 bits per heavy atom. The van der Waals surface area contributed by atoms with Crippen molar-refractivity contribution in [2.45, 2.75) is 32.0 Å². The molecule has 2 atom stereocenters. The SMILES string of the molecule is C[C@@H](NC(=O)[C@@H]1CCCOC1)c1ccc(C(F)(F)F)nc1Cl. The molecule has 1 aromatic heterocycles. The largest absolute Gasteiger partial charge is 0.433 e. The van der Waals surface area contributed by atoms with E-state index in [1.54, 1.807) is 6.92 Å². The van der Waals surface area contributed by atoms with Crippen molar-refractivity contribution in [2.75, 3.05) is 13.2 Å². The van der Waals surface area contributed by atoms with E-state index in [2.05, 4.69) is 10.3 Å². The number of nitrogens with zero attached hydrogens (tertiary/aromatic N) is 1. The topological polar surface area (TPSA) is 51.2 Å². The highest BCUT2D eigenvalue weighted by Crippen LogP contribution is 2.31. The molecule has 8 heteroatoms. The third kappa shape index (κ3) is 4.10. The van der Waals surface area contributed by atoms with Crippen LogP contribution in [-0.2, 0) is 15.7 Å². The number of halogens is 4. The Bertz CT molecular complexity index is 545. The molecule has 0 bridgehead atoms. The zero-order chi connectivity index (χ0) is 16.3. The number of rotatable bonds is 3. The van der Waals surface area contributed by atoms with Crippen molar-refractivity contribution in [1.29, 1.82) is 0 Å². The Morgan fingerprint density at radius 3 is 2.77 bits per heavy atom. The summed E-state index contributed by atoms with van der Waals surface area (Å²) in [5.74, 6) is -0.430. The van der Waals surface area contributed by atoms with Crippen molar-refractivity contribution in [2.24, 2.45) is 5.92 Å². The molecular formula is C14H16ClF3N2O2. The van der Waals surface area contributed by atoms with Gasteiger partial charge in [0.15, 0.2) is 0 Å². The van der Waals surface area contributed by atoms with Gasteiger partial charge in [-0.15, -0.1) is 0 Å². The Hall–Kier alpha value is -1.34. The molecule has 22 heavy (non-hydrogen) atoms. The van der Waals surface area contributed by atoms with Gasteiger partial charge in [0.2, 0.25) is 5.91 Å². The maximum absolute atomic E-state index is 12.5. The fraction of sp³-hybridized carbons (Fsp3) is 0.571. The third-order valence-electron chi connectivity index (χ3n) is 3.52. The van der Waals surface area contributed by atoms with Crippen molar-refractivity contribution in [1.82, 2.24) is 10.3 Å².